The minimum atomic E-state index is -0.929. The summed E-state index contributed by atoms with van der Waals surface area (Å²) in [4.78, 5) is 0. The Balaban J connectivity index is 1.74. The predicted molar refractivity (Wildman–Crippen MR) is 123 cm³/mol. The van der Waals surface area contributed by atoms with Crippen molar-refractivity contribution in [1.82, 2.24) is 0 Å². The Morgan fingerprint density at radius 1 is 0.571 bits per heavy atom. The summed E-state index contributed by atoms with van der Waals surface area (Å²) in [7, 11) is -0.929. The molecule has 137 valence electrons. The van der Waals surface area contributed by atoms with Crippen LogP contribution in [0.5, 0.6) is 0 Å². The highest BCUT2D eigenvalue weighted by Crippen LogP contribution is 2.27. The average molecular weight is 378 g/mol. The van der Waals surface area contributed by atoms with Gasteiger partial charge in [-0.1, -0.05) is 126 Å². The zero-order valence-electron chi connectivity index (χ0n) is 16.5. The molecule has 0 aliphatic carbocycles. The SMILES string of the molecule is Cc1cc(-c2ccccc2)ccc1[C@@H](C)[Si](c1ccccc1)c1ccccc1. The summed E-state index contributed by atoms with van der Waals surface area (Å²) in [5.74, 6) is 0. The van der Waals surface area contributed by atoms with E-state index in [0.717, 1.165) is 0 Å². The molecule has 1 atom stereocenters. The van der Waals surface area contributed by atoms with E-state index in [9.17, 15) is 0 Å². The summed E-state index contributed by atoms with van der Waals surface area (Å²) >= 11 is 0. The first-order valence-electron chi connectivity index (χ1n) is 9.87. The van der Waals surface area contributed by atoms with Gasteiger partial charge in [0.2, 0.25) is 0 Å². The fraction of sp³-hybridized carbons (Fsp3) is 0.111. The van der Waals surface area contributed by atoms with Crippen molar-refractivity contribution in [1.29, 1.82) is 0 Å². The van der Waals surface area contributed by atoms with Gasteiger partial charge in [-0.05, 0) is 34.7 Å². The maximum atomic E-state index is 2.40. The fourth-order valence-electron chi connectivity index (χ4n) is 4.03. The smallest absolute Gasteiger partial charge is 0.0628 e. The van der Waals surface area contributed by atoms with Crippen LogP contribution in [0.25, 0.3) is 11.1 Å². The van der Waals surface area contributed by atoms with Gasteiger partial charge in [-0.25, -0.2) is 0 Å². The van der Waals surface area contributed by atoms with Crippen molar-refractivity contribution in [3.63, 3.8) is 0 Å². The molecule has 0 aliphatic rings. The van der Waals surface area contributed by atoms with Crippen LogP contribution in [0.1, 0.15) is 23.6 Å². The summed E-state index contributed by atoms with van der Waals surface area (Å²) in [6.07, 6.45) is 0. The van der Waals surface area contributed by atoms with Crippen LogP contribution >= 0.6 is 0 Å². The van der Waals surface area contributed by atoms with Crippen molar-refractivity contribution in [2.24, 2.45) is 0 Å². The van der Waals surface area contributed by atoms with Crippen molar-refractivity contribution in [3.05, 3.63) is 120 Å². The number of hydrogen-bond donors (Lipinski definition) is 0. The first kappa shape index (κ1) is 18.5. The molecular formula is C27H25Si. The summed E-state index contributed by atoms with van der Waals surface area (Å²) in [6, 6.07) is 39.7. The highest BCUT2D eigenvalue weighted by atomic mass is 28.3. The van der Waals surface area contributed by atoms with E-state index in [4.69, 9.17) is 0 Å². The molecule has 4 aromatic carbocycles. The number of aryl methyl sites for hydroxylation is 1. The molecule has 4 rings (SSSR count). The third-order valence-electron chi connectivity index (χ3n) is 5.45. The van der Waals surface area contributed by atoms with Crippen molar-refractivity contribution in [2.75, 3.05) is 0 Å². The first-order valence-corrected chi connectivity index (χ1v) is 11.5. The number of hydrogen-bond acceptors (Lipinski definition) is 0. The molecule has 0 heterocycles. The molecule has 1 heteroatoms. The maximum absolute atomic E-state index is 2.40. The molecule has 0 unspecified atom stereocenters. The van der Waals surface area contributed by atoms with Crippen molar-refractivity contribution in [3.8, 4) is 11.1 Å². The second-order valence-corrected chi connectivity index (χ2v) is 10.2. The lowest BCUT2D eigenvalue weighted by atomic mass is 9.98. The summed E-state index contributed by atoms with van der Waals surface area (Å²) in [6.45, 7) is 4.66. The molecule has 0 N–H and O–H groups in total. The quantitative estimate of drug-likeness (QED) is 0.396. The Labute approximate surface area is 170 Å². The molecule has 0 bridgehead atoms. The second kappa shape index (κ2) is 8.41. The fourth-order valence-corrected chi connectivity index (χ4v) is 7.10. The van der Waals surface area contributed by atoms with Crippen molar-refractivity contribution in [2.45, 2.75) is 19.4 Å². The zero-order valence-corrected chi connectivity index (χ0v) is 17.5. The molecule has 0 nitrogen and oxygen atoms in total. The van der Waals surface area contributed by atoms with Gasteiger partial charge in [0.25, 0.3) is 0 Å². The summed E-state index contributed by atoms with van der Waals surface area (Å²) < 4.78 is 0. The van der Waals surface area contributed by atoms with Crippen LogP contribution < -0.4 is 10.4 Å². The van der Waals surface area contributed by atoms with Gasteiger partial charge in [-0.2, -0.15) is 0 Å². The lowest BCUT2D eigenvalue weighted by Gasteiger charge is -2.25. The monoisotopic (exact) mass is 377 g/mol. The molecular weight excluding hydrogens is 352 g/mol. The van der Waals surface area contributed by atoms with E-state index in [-0.39, 0.29) is 0 Å². The normalized spacial score (nSPS) is 12.1. The van der Waals surface area contributed by atoms with Crippen LogP contribution in [0, 0.1) is 6.92 Å². The summed E-state index contributed by atoms with van der Waals surface area (Å²) in [5.41, 5.74) is 5.90. The van der Waals surface area contributed by atoms with Gasteiger partial charge in [-0.3, -0.25) is 0 Å². The Morgan fingerprint density at radius 3 is 1.57 bits per heavy atom. The highest BCUT2D eigenvalue weighted by molar-refractivity contribution is 6.86. The second-order valence-electron chi connectivity index (χ2n) is 7.30. The minimum Gasteiger partial charge on any atom is -0.0628 e. The average Bonchev–Trinajstić information content (AvgIpc) is 2.76. The molecule has 1 radical (unpaired) electrons. The molecule has 0 aromatic heterocycles. The Bertz CT molecular complexity index is 984. The third-order valence-corrected chi connectivity index (χ3v) is 8.53. The van der Waals surface area contributed by atoms with E-state index < -0.39 is 8.80 Å². The van der Waals surface area contributed by atoms with Crippen LogP contribution in [-0.2, 0) is 0 Å². The molecule has 0 fully saturated rings. The van der Waals surface area contributed by atoms with Gasteiger partial charge in [0.05, 0.1) is 0 Å². The Kier molecular flexibility index (Phi) is 5.54. The van der Waals surface area contributed by atoms with Crippen LogP contribution in [0.3, 0.4) is 0 Å². The standard InChI is InChI=1S/C27H25Si/c1-21-20-24(23-12-6-3-7-13-23)18-19-27(21)22(2)28(25-14-8-4-9-15-25)26-16-10-5-11-17-26/h3-20,22H,1-2H3/t22-/m1/s1. The Morgan fingerprint density at radius 2 is 1.07 bits per heavy atom. The summed E-state index contributed by atoms with van der Waals surface area (Å²) in [5, 5.41) is 2.94. The van der Waals surface area contributed by atoms with E-state index in [1.54, 1.807) is 0 Å². The van der Waals surface area contributed by atoms with E-state index >= 15 is 0 Å². The third kappa shape index (κ3) is 3.85. The largest absolute Gasteiger partial charge is 0.128 e. The lowest BCUT2D eigenvalue weighted by Crippen LogP contribution is -2.46. The van der Waals surface area contributed by atoms with Crippen molar-refractivity contribution < 1.29 is 0 Å². The van der Waals surface area contributed by atoms with Crippen LogP contribution in [-0.4, -0.2) is 8.80 Å². The number of benzene rings is 4. The van der Waals surface area contributed by atoms with Gasteiger partial charge in [0.1, 0.15) is 8.80 Å². The topological polar surface area (TPSA) is 0 Å². The maximum Gasteiger partial charge on any atom is 0.128 e. The highest BCUT2D eigenvalue weighted by Gasteiger charge is 2.26. The first-order chi connectivity index (χ1) is 13.7. The van der Waals surface area contributed by atoms with Crippen LogP contribution in [0.4, 0.5) is 0 Å². The Hall–Kier alpha value is -2.90. The predicted octanol–water partition coefficient (Wildman–Crippen LogP) is 5.61. The van der Waals surface area contributed by atoms with Crippen molar-refractivity contribution >= 4 is 19.2 Å². The molecule has 0 aliphatic heterocycles. The lowest BCUT2D eigenvalue weighted by molar-refractivity contribution is 1.04. The van der Waals surface area contributed by atoms with Gasteiger partial charge in [0.15, 0.2) is 0 Å². The van der Waals surface area contributed by atoms with E-state index in [0.29, 0.717) is 5.54 Å². The van der Waals surface area contributed by atoms with E-state index in [1.165, 1.54) is 32.6 Å². The zero-order chi connectivity index (χ0) is 19.3. The molecule has 0 spiro atoms. The minimum absolute atomic E-state index is 0.486. The van der Waals surface area contributed by atoms with Gasteiger partial charge >= 0.3 is 0 Å². The van der Waals surface area contributed by atoms with Gasteiger partial charge in [-0.15, -0.1) is 0 Å². The number of rotatable bonds is 5. The van der Waals surface area contributed by atoms with E-state index in [1.807, 2.05) is 0 Å². The van der Waals surface area contributed by atoms with E-state index in [2.05, 4.69) is 123 Å². The molecule has 0 saturated carbocycles. The molecule has 4 aromatic rings. The van der Waals surface area contributed by atoms with Crippen LogP contribution in [0.15, 0.2) is 109 Å². The van der Waals surface area contributed by atoms with Crippen LogP contribution in [0.2, 0.25) is 0 Å². The molecule has 0 amide bonds. The molecule has 28 heavy (non-hydrogen) atoms. The van der Waals surface area contributed by atoms with Gasteiger partial charge in [0, 0.05) is 0 Å². The molecule has 0 saturated heterocycles. The van der Waals surface area contributed by atoms with Gasteiger partial charge < -0.3 is 0 Å².